The molecule has 4 rings (SSSR count). The molecule has 2 fully saturated rings. The van der Waals surface area contributed by atoms with E-state index in [1.807, 2.05) is 16.1 Å². The maximum atomic E-state index is 13.4. The fourth-order valence-corrected chi connectivity index (χ4v) is 5.71. The molecule has 9 nitrogen and oxygen atoms in total. The van der Waals surface area contributed by atoms with Crippen LogP contribution in [-0.4, -0.2) is 74.4 Å². The fraction of sp³-hybridized carbons (Fsp3) is 0.613. The number of nitrogens with zero attached hydrogens (tertiary/aromatic N) is 4. The summed E-state index contributed by atoms with van der Waals surface area (Å²) in [5, 5.41) is 5.34. The third-order valence-electron chi connectivity index (χ3n) is 7.95. The lowest BCUT2D eigenvalue weighted by molar-refractivity contribution is -0.144. The summed E-state index contributed by atoms with van der Waals surface area (Å²) in [6.45, 7) is 4.60. The Hall–Kier alpha value is -3.27. The maximum Gasteiger partial charge on any atom is 0.451 e. The highest BCUT2D eigenvalue weighted by Gasteiger charge is 2.37. The number of alkyl halides is 6. The van der Waals surface area contributed by atoms with Crippen LogP contribution in [0.4, 0.5) is 38.0 Å². The van der Waals surface area contributed by atoms with E-state index in [1.165, 1.54) is 24.1 Å². The van der Waals surface area contributed by atoms with E-state index in [2.05, 4.69) is 25.3 Å². The van der Waals surface area contributed by atoms with Gasteiger partial charge in [0.05, 0.1) is 5.56 Å². The van der Waals surface area contributed by atoms with Gasteiger partial charge in [-0.25, -0.2) is 9.97 Å². The number of carbonyl (C=O) groups is 2. The zero-order valence-electron chi connectivity index (χ0n) is 26.4. The van der Waals surface area contributed by atoms with Crippen LogP contribution in [0.25, 0.3) is 0 Å². The molecule has 0 radical (unpaired) electrons. The Kier molecular flexibility index (Phi) is 15.4. The summed E-state index contributed by atoms with van der Waals surface area (Å²) in [6, 6.07) is 6.61. The maximum absolute atomic E-state index is 13.4. The van der Waals surface area contributed by atoms with Crippen molar-refractivity contribution in [1.29, 1.82) is 0 Å². The molecule has 3 heterocycles. The van der Waals surface area contributed by atoms with Crippen LogP contribution in [0.15, 0.2) is 30.3 Å². The minimum Gasteiger partial charge on any atom is -0.358 e. The summed E-state index contributed by atoms with van der Waals surface area (Å²) in [5.41, 5.74) is 0.104. The molecule has 0 spiro atoms. The smallest absolute Gasteiger partial charge is 0.358 e. The molecule has 0 unspecified atom stereocenters. The number of anilines is 2. The third kappa shape index (κ3) is 13.4. The van der Waals surface area contributed by atoms with Crippen LogP contribution in [0, 0.1) is 5.92 Å². The molecule has 2 aliphatic heterocycles. The molecular weight excluding hydrogens is 648 g/mol. The van der Waals surface area contributed by atoms with E-state index in [0.29, 0.717) is 63.0 Å². The van der Waals surface area contributed by atoms with Crippen LogP contribution < -0.4 is 25.2 Å². The summed E-state index contributed by atoms with van der Waals surface area (Å²) in [6.07, 6.45) is 0.206. The molecule has 47 heavy (non-hydrogen) atoms. The third-order valence-corrected chi connectivity index (χ3v) is 8.45. The van der Waals surface area contributed by atoms with Crippen LogP contribution in [0.1, 0.15) is 61.9 Å². The van der Waals surface area contributed by atoms with Crippen LogP contribution in [0.3, 0.4) is 0 Å². The van der Waals surface area contributed by atoms with E-state index < -0.39 is 23.7 Å². The molecule has 2 aromatic rings. The number of carbonyl (C=O) groups excluding carboxylic acids is 2. The number of amides is 2. The number of piperidine rings is 1. The highest BCUT2D eigenvalue weighted by atomic mass is 32.2. The molecule has 1 aromatic heterocycles. The second-order valence-corrected chi connectivity index (χ2v) is 12.1. The van der Waals surface area contributed by atoms with E-state index >= 15 is 0 Å². The summed E-state index contributed by atoms with van der Waals surface area (Å²) in [4.78, 5) is 33.3. The molecule has 16 heteroatoms. The van der Waals surface area contributed by atoms with E-state index in [1.54, 1.807) is 6.07 Å². The number of halogens is 6. The number of benzene rings is 1. The van der Waals surface area contributed by atoms with Crippen molar-refractivity contribution in [2.45, 2.75) is 63.7 Å². The van der Waals surface area contributed by atoms with Crippen LogP contribution in [0.2, 0.25) is 0 Å². The van der Waals surface area contributed by atoms with E-state index in [-0.39, 0.29) is 5.91 Å². The zero-order valence-corrected chi connectivity index (χ0v) is 27.2. The van der Waals surface area contributed by atoms with Crippen molar-refractivity contribution in [3.8, 4) is 0 Å². The molecule has 0 atom stereocenters. The molecular formula is C31H43F6N7O2S. The van der Waals surface area contributed by atoms with Crippen molar-refractivity contribution in [2.24, 2.45) is 5.92 Å². The molecule has 0 saturated carbocycles. The SMILES string of the molecule is CSNCCNC(=O)CCCC1CCN(c2cc(N3CCCC3)nc(C(F)(F)F)n2)CC1.O=CNCCc1ccc(C(F)(F)F)cc1. The summed E-state index contributed by atoms with van der Waals surface area (Å²) < 4.78 is 79.7. The minimum atomic E-state index is -4.56. The lowest BCUT2D eigenvalue weighted by Gasteiger charge is -2.33. The highest BCUT2D eigenvalue weighted by Crippen LogP contribution is 2.33. The molecule has 3 N–H and O–H groups in total. The van der Waals surface area contributed by atoms with Crippen molar-refractivity contribution >= 4 is 35.9 Å². The Labute approximate surface area is 275 Å². The number of hydrogen-bond acceptors (Lipinski definition) is 8. The lowest BCUT2D eigenvalue weighted by Crippen LogP contribution is -2.35. The van der Waals surface area contributed by atoms with Crippen molar-refractivity contribution in [3.05, 3.63) is 47.3 Å². The largest absolute Gasteiger partial charge is 0.451 e. The Balaban J connectivity index is 0.000000335. The molecule has 2 aliphatic rings. The van der Waals surface area contributed by atoms with Gasteiger partial charge in [0.15, 0.2) is 0 Å². The molecule has 2 amide bonds. The first-order chi connectivity index (χ1) is 22.4. The lowest BCUT2D eigenvalue weighted by atomic mass is 9.91. The van der Waals surface area contributed by atoms with Gasteiger partial charge in [0.25, 0.3) is 0 Å². The van der Waals surface area contributed by atoms with Gasteiger partial charge in [-0.15, -0.1) is 0 Å². The van der Waals surface area contributed by atoms with Gasteiger partial charge in [-0.1, -0.05) is 24.1 Å². The van der Waals surface area contributed by atoms with Crippen molar-refractivity contribution in [1.82, 2.24) is 25.3 Å². The van der Waals surface area contributed by atoms with Gasteiger partial charge < -0.3 is 20.4 Å². The van der Waals surface area contributed by atoms with Gasteiger partial charge in [-0.3, -0.25) is 14.3 Å². The normalized spacial score (nSPS) is 15.6. The number of hydrogen-bond donors (Lipinski definition) is 3. The topological polar surface area (TPSA) is 102 Å². The highest BCUT2D eigenvalue weighted by molar-refractivity contribution is 7.96. The van der Waals surface area contributed by atoms with Crippen LogP contribution >= 0.6 is 11.9 Å². The Morgan fingerprint density at radius 3 is 2.09 bits per heavy atom. The second kappa shape index (κ2) is 18.9. The minimum absolute atomic E-state index is 0.0699. The summed E-state index contributed by atoms with van der Waals surface area (Å²) >= 11 is 1.53. The van der Waals surface area contributed by atoms with Gasteiger partial charge in [-0.2, -0.15) is 26.3 Å². The number of nitrogens with one attached hydrogen (secondary N) is 3. The first kappa shape index (κ1) is 38.2. The van der Waals surface area contributed by atoms with Gasteiger partial charge in [-0.05, 0) is 74.8 Å². The van der Waals surface area contributed by atoms with Gasteiger partial charge >= 0.3 is 12.4 Å². The van der Waals surface area contributed by atoms with Gasteiger partial charge in [0.1, 0.15) is 11.6 Å². The molecule has 0 bridgehead atoms. The molecule has 1 aromatic carbocycles. The van der Waals surface area contributed by atoms with E-state index in [4.69, 9.17) is 0 Å². The Morgan fingerprint density at radius 2 is 1.53 bits per heavy atom. The van der Waals surface area contributed by atoms with Crippen LogP contribution in [-0.2, 0) is 28.4 Å². The van der Waals surface area contributed by atoms with E-state index in [9.17, 15) is 35.9 Å². The molecule has 262 valence electrons. The van der Waals surface area contributed by atoms with Crippen LogP contribution in [0.5, 0.6) is 0 Å². The number of rotatable bonds is 14. The van der Waals surface area contributed by atoms with Gasteiger partial charge in [0, 0.05) is 58.3 Å². The van der Waals surface area contributed by atoms with Crippen molar-refractivity contribution in [3.63, 3.8) is 0 Å². The summed E-state index contributed by atoms with van der Waals surface area (Å²) in [7, 11) is 0. The first-order valence-electron chi connectivity index (χ1n) is 15.7. The predicted octanol–water partition coefficient (Wildman–Crippen LogP) is 5.46. The summed E-state index contributed by atoms with van der Waals surface area (Å²) in [5.74, 6) is 0.240. The fourth-order valence-electron chi connectivity index (χ4n) is 5.40. The van der Waals surface area contributed by atoms with E-state index in [0.717, 1.165) is 75.9 Å². The zero-order chi connectivity index (χ0) is 34.3. The second-order valence-electron chi connectivity index (χ2n) is 11.4. The average Bonchev–Trinajstić information content (AvgIpc) is 3.59. The quantitative estimate of drug-likeness (QED) is 0.104. The Bertz CT molecular complexity index is 1240. The Morgan fingerprint density at radius 1 is 0.915 bits per heavy atom. The first-order valence-corrected chi connectivity index (χ1v) is 16.9. The monoisotopic (exact) mass is 691 g/mol. The predicted molar refractivity (Wildman–Crippen MR) is 171 cm³/mol. The molecule has 2 saturated heterocycles. The standard InChI is InChI=1S/C21H33F3N6OS.C10H10F3NO/c1-32-26-10-9-25-19(31)6-4-5-16-7-13-30(14-8-16)18-15-17(29-11-2-3-12-29)27-20(28-18)21(22,23)24;11-10(12,13)9-3-1-8(2-4-9)5-6-14-7-15/h15-16,26H,2-14H2,1H3,(H,25,31);1-4,7H,5-6H2,(H,14,15). The van der Waals surface area contributed by atoms with Crippen molar-refractivity contribution in [2.75, 3.05) is 61.9 Å². The number of aromatic nitrogens is 2. The van der Waals surface area contributed by atoms with Gasteiger partial charge in [0.2, 0.25) is 18.1 Å². The van der Waals surface area contributed by atoms with Crippen molar-refractivity contribution < 1.29 is 35.9 Å². The average molecular weight is 692 g/mol. The molecule has 0 aliphatic carbocycles.